The zero-order valence-electron chi connectivity index (χ0n) is 10.9. The molecule has 108 valence electrons. The number of carbonyl (C=O) groups is 1. The molecule has 2 aromatic rings. The van der Waals surface area contributed by atoms with E-state index in [0.717, 1.165) is 11.3 Å². The fourth-order valence-corrected chi connectivity index (χ4v) is 2.59. The van der Waals surface area contributed by atoms with E-state index in [-0.39, 0.29) is 12.7 Å². The van der Waals surface area contributed by atoms with E-state index in [4.69, 9.17) is 21.1 Å². The van der Waals surface area contributed by atoms with Gasteiger partial charge >= 0.3 is 0 Å². The molecule has 0 spiro atoms. The van der Waals surface area contributed by atoms with Gasteiger partial charge in [0.1, 0.15) is 0 Å². The van der Waals surface area contributed by atoms with Crippen molar-refractivity contribution >= 4 is 33.4 Å². The first-order chi connectivity index (χ1) is 10.1. The van der Waals surface area contributed by atoms with Gasteiger partial charge in [0.15, 0.2) is 11.5 Å². The maximum absolute atomic E-state index is 12.2. The summed E-state index contributed by atoms with van der Waals surface area (Å²) in [6, 6.07) is 10.8. The van der Waals surface area contributed by atoms with Crippen LogP contribution in [0, 0.1) is 0 Å². The molecule has 1 amide bonds. The van der Waals surface area contributed by atoms with Gasteiger partial charge in [-0.1, -0.05) is 23.7 Å². The number of nitrogens with one attached hydrogen (secondary N) is 1. The maximum Gasteiger partial charge on any atom is 0.253 e. The monoisotopic (exact) mass is 367 g/mol. The minimum Gasteiger partial charge on any atom is -0.454 e. The first-order valence-electron chi connectivity index (χ1n) is 6.26. The van der Waals surface area contributed by atoms with Crippen molar-refractivity contribution in [3.05, 3.63) is 57.0 Å². The predicted molar refractivity (Wildman–Crippen MR) is 82.9 cm³/mol. The molecule has 4 nitrogen and oxygen atoms in total. The number of fused-ring (bicyclic) bond motifs is 1. The highest BCUT2D eigenvalue weighted by Crippen LogP contribution is 2.32. The van der Waals surface area contributed by atoms with Crippen LogP contribution in [0.2, 0.25) is 5.02 Å². The molecule has 0 saturated carbocycles. The predicted octanol–water partition coefficient (Wildman–Crippen LogP) is 3.76. The maximum atomic E-state index is 12.2. The Labute approximate surface area is 135 Å². The standard InChI is InChI=1S/C15H11BrClNO3/c16-11-3-1-2-10(14(11)17)15(19)18-7-9-4-5-12-13(6-9)21-8-20-12/h1-6H,7-8H2,(H,18,19). The van der Waals surface area contributed by atoms with Gasteiger partial charge in [-0.25, -0.2) is 0 Å². The van der Waals surface area contributed by atoms with Gasteiger partial charge in [0.25, 0.3) is 5.91 Å². The van der Waals surface area contributed by atoms with Crippen molar-refractivity contribution < 1.29 is 14.3 Å². The second kappa shape index (κ2) is 5.95. The molecule has 1 aliphatic rings. The van der Waals surface area contributed by atoms with E-state index in [9.17, 15) is 4.79 Å². The van der Waals surface area contributed by atoms with Gasteiger partial charge in [-0.3, -0.25) is 4.79 Å². The van der Waals surface area contributed by atoms with E-state index < -0.39 is 0 Å². The third kappa shape index (κ3) is 2.99. The van der Waals surface area contributed by atoms with Gasteiger partial charge in [-0.05, 0) is 45.8 Å². The first-order valence-corrected chi connectivity index (χ1v) is 7.43. The largest absolute Gasteiger partial charge is 0.454 e. The van der Waals surface area contributed by atoms with Gasteiger partial charge in [0.2, 0.25) is 6.79 Å². The van der Waals surface area contributed by atoms with Gasteiger partial charge in [-0.2, -0.15) is 0 Å². The van der Waals surface area contributed by atoms with Crippen molar-refractivity contribution in [3.8, 4) is 11.5 Å². The molecule has 0 aromatic heterocycles. The van der Waals surface area contributed by atoms with Crippen LogP contribution < -0.4 is 14.8 Å². The minimum atomic E-state index is -0.223. The molecule has 0 bridgehead atoms. The van der Waals surface area contributed by atoms with Crippen LogP contribution in [-0.2, 0) is 6.54 Å². The molecule has 0 unspecified atom stereocenters. The third-order valence-corrected chi connectivity index (χ3v) is 4.38. The van der Waals surface area contributed by atoms with Crippen LogP contribution in [0.5, 0.6) is 11.5 Å². The SMILES string of the molecule is O=C(NCc1ccc2c(c1)OCO2)c1cccc(Br)c1Cl. The number of hydrogen-bond donors (Lipinski definition) is 1. The zero-order valence-corrected chi connectivity index (χ0v) is 13.2. The van der Waals surface area contributed by atoms with Crippen molar-refractivity contribution in [2.45, 2.75) is 6.54 Å². The third-order valence-electron chi connectivity index (χ3n) is 3.09. The minimum absolute atomic E-state index is 0.223. The number of ether oxygens (including phenoxy) is 2. The quantitative estimate of drug-likeness (QED) is 0.897. The number of benzene rings is 2. The lowest BCUT2D eigenvalue weighted by molar-refractivity contribution is 0.0951. The number of halogens is 2. The molecular weight excluding hydrogens is 358 g/mol. The summed E-state index contributed by atoms with van der Waals surface area (Å²) in [5, 5.41) is 3.24. The Morgan fingerprint density at radius 2 is 2.05 bits per heavy atom. The lowest BCUT2D eigenvalue weighted by Gasteiger charge is -2.08. The molecule has 1 heterocycles. The van der Waals surface area contributed by atoms with E-state index in [1.54, 1.807) is 18.2 Å². The van der Waals surface area contributed by atoms with E-state index in [1.807, 2.05) is 18.2 Å². The highest BCUT2D eigenvalue weighted by atomic mass is 79.9. The van der Waals surface area contributed by atoms with Crippen LogP contribution in [0.3, 0.4) is 0 Å². The van der Waals surface area contributed by atoms with Crippen LogP contribution in [0.1, 0.15) is 15.9 Å². The number of carbonyl (C=O) groups excluding carboxylic acids is 1. The van der Waals surface area contributed by atoms with Gasteiger partial charge in [0, 0.05) is 11.0 Å². The van der Waals surface area contributed by atoms with Crippen molar-refractivity contribution in [1.82, 2.24) is 5.32 Å². The Kier molecular flexibility index (Phi) is 4.03. The van der Waals surface area contributed by atoms with Crippen LogP contribution in [0.25, 0.3) is 0 Å². The molecule has 0 saturated heterocycles. The Morgan fingerprint density at radius 3 is 2.90 bits per heavy atom. The highest BCUT2D eigenvalue weighted by molar-refractivity contribution is 9.10. The summed E-state index contributed by atoms with van der Waals surface area (Å²) in [5.74, 6) is 1.20. The summed E-state index contributed by atoms with van der Waals surface area (Å²) in [4.78, 5) is 12.2. The van der Waals surface area contributed by atoms with Gasteiger partial charge < -0.3 is 14.8 Å². The molecule has 2 aromatic carbocycles. The fourth-order valence-electron chi connectivity index (χ4n) is 2.01. The molecule has 1 N–H and O–H groups in total. The summed E-state index contributed by atoms with van der Waals surface area (Å²) in [5.41, 5.74) is 1.37. The molecule has 0 atom stereocenters. The second-order valence-corrected chi connectivity index (χ2v) is 5.70. The van der Waals surface area contributed by atoms with E-state index in [1.165, 1.54) is 0 Å². The smallest absolute Gasteiger partial charge is 0.253 e. The van der Waals surface area contributed by atoms with Crippen LogP contribution >= 0.6 is 27.5 Å². The molecular formula is C15H11BrClNO3. The molecule has 3 rings (SSSR count). The van der Waals surface area contributed by atoms with E-state index in [0.29, 0.717) is 27.4 Å². The summed E-state index contributed by atoms with van der Waals surface area (Å²) in [7, 11) is 0. The number of amides is 1. The van der Waals surface area contributed by atoms with Gasteiger partial charge in [0.05, 0.1) is 10.6 Å². The topological polar surface area (TPSA) is 47.6 Å². The average molecular weight is 369 g/mol. The van der Waals surface area contributed by atoms with Gasteiger partial charge in [-0.15, -0.1) is 0 Å². The number of hydrogen-bond acceptors (Lipinski definition) is 3. The molecule has 0 radical (unpaired) electrons. The van der Waals surface area contributed by atoms with Crippen LogP contribution in [-0.4, -0.2) is 12.7 Å². The summed E-state index contributed by atoms with van der Waals surface area (Å²) in [6.07, 6.45) is 0. The summed E-state index contributed by atoms with van der Waals surface area (Å²) >= 11 is 9.40. The Hall–Kier alpha value is -1.72. The van der Waals surface area contributed by atoms with Crippen molar-refractivity contribution in [2.75, 3.05) is 6.79 Å². The Bertz CT molecular complexity index is 705. The van der Waals surface area contributed by atoms with Crippen molar-refractivity contribution in [3.63, 3.8) is 0 Å². The molecule has 6 heteroatoms. The highest BCUT2D eigenvalue weighted by Gasteiger charge is 2.15. The zero-order chi connectivity index (χ0) is 14.8. The van der Waals surface area contributed by atoms with E-state index >= 15 is 0 Å². The molecule has 1 aliphatic heterocycles. The fraction of sp³-hybridized carbons (Fsp3) is 0.133. The second-order valence-electron chi connectivity index (χ2n) is 4.47. The van der Waals surface area contributed by atoms with E-state index in [2.05, 4.69) is 21.2 Å². The lowest BCUT2D eigenvalue weighted by Crippen LogP contribution is -2.23. The molecule has 21 heavy (non-hydrogen) atoms. The normalized spacial score (nSPS) is 12.3. The Morgan fingerprint density at radius 1 is 1.24 bits per heavy atom. The summed E-state index contributed by atoms with van der Waals surface area (Å²) in [6.45, 7) is 0.622. The molecule has 0 fully saturated rings. The average Bonchev–Trinajstić information content (AvgIpc) is 2.95. The van der Waals surface area contributed by atoms with Crippen LogP contribution in [0.15, 0.2) is 40.9 Å². The summed E-state index contributed by atoms with van der Waals surface area (Å²) < 4.78 is 11.2. The lowest BCUT2D eigenvalue weighted by atomic mass is 10.1. The van der Waals surface area contributed by atoms with Crippen LogP contribution in [0.4, 0.5) is 0 Å². The molecule has 0 aliphatic carbocycles. The Balaban J connectivity index is 1.70. The first kappa shape index (κ1) is 14.2. The van der Waals surface area contributed by atoms with Crippen molar-refractivity contribution in [1.29, 1.82) is 0 Å². The van der Waals surface area contributed by atoms with Crippen molar-refractivity contribution in [2.24, 2.45) is 0 Å². The number of rotatable bonds is 3.